The molecule has 0 aliphatic carbocycles. The van der Waals surface area contributed by atoms with E-state index in [2.05, 4.69) is 15.3 Å². The van der Waals surface area contributed by atoms with Crippen LogP contribution in [-0.2, 0) is 9.53 Å². The van der Waals surface area contributed by atoms with Crippen LogP contribution in [0, 0.1) is 0 Å². The maximum Gasteiger partial charge on any atom is 0.410 e. The fraction of sp³-hybridized carbons (Fsp3) is 0.571. The second kappa shape index (κ2) is 6.33. The molecule has 1 N–H and O–H groups in total. The summed E-state index contributed by atoms with van der Waals surface area (Å²) in [6.45, 7) is 5.92. The quantitative estimate of drug-likeness (QED) is 0.782. The van der Waals surface area contributed by atoms with Gasteiger partial charge in [0.15, 0.2) is 0 Å². The summed E-state index contributed by atoms with van der Waals surface area (Å²) in [5.74, 6) is -0.0427. The zero-order valence-corrected chi connectivity index (χ0v) is 13.4. The Hall–Kier alpha value is -2.12. The smallest absolute Gasteiger partial charge is 0.410 e. The zero-order chi connectivity index (χ0) is 16.3. The van der Waals surface area contributed by atoms with E-state index >= 15 is 0 Å². The molecule has 22 heavy (non-hydrogen) atoms. The molecule has 1 fully saturated rings. The van der Waals surface area contributed by atoms with E-state index in [0.717, 1.165) is 11.9 Å². The monoisotopic (exact) mass is 304 g/mol. The molecule has 1 atom stereocenters. The Morgan fingerprint density at radius 2 is 2.00 bits per heavy atom. The predicted molar refractivity (Wildman–Crippen MR) is 84.8 cm³/mol. The van der Waals surface area contributed by atoms with Crippen LogP contribution in [0.2, 0.25) is 0 Å². The third-order valence-electron chi connectivity index (χ3n) is 3.20. The minimum atomic E-state index is -0.583. The lowest BCUT2D eigenvalue weighted by atomic mass is 10.0. The Morgan fingerprint density at radius 3 is 2.59 bits per heavy atom. The number of carbonyl (C=O) groups excluding carboxylic acids is 2. The van der Waals surface area contributed by atoms with Crippen LogP contribution in [0.25, 0.3) is 0 Å². The molecule has 0 aromatic carbocycles. The number of anilines is 1. The molecule has 1 aliphatic heterocycles. The van der Waals surface area contributed by atoms with Crippen molar-refractivity contribution in [1.82, 2.24) is 14.9 Å². The van der Waals surface area contributed by atoms with Gasteiger partial charge in [-0.25, -0.2) is 14.8 Å². The number of hydrogen-bond acceptors (Lipinski definition) is 5. The van der Waals surface area contributed by atoms with Crippen molar-refractivity contribution in [2.45, 2.75) is 45.3 Å². The molecular formula is C14H21BN4O3. The molecule has 0 spiro atoms. The fourth-order valence-electron chi connectivity index (χ4n) is 2.23. The molecule has 118 valence electrons. The number of hydrogen-bond donors (Lipinski definition) is 1. The number of carbonyl (C=O) groups is 2. The van der Waals surface area contributed by atoms with Crippen LogP contribution in [0.5, 0.6) is 0 Å². The third-order valence-corrected chi connectivity index (χ3v) is 3.20. The molecule has 2 heterocycles. The number of ether oxygens (including phenoxy) is 1. The highest BCUT2D eigenvalue weighted by molar-refractivity contribution is 6.31. The van der Waals surface area contributed by atoms with E-state index in [-0.39, 0.29) is 11.9 Å². The fourth-order valence-corrected chi connectivity index (χ4v) is 2.23. The van der Waals surface area contributed by atoms with Gasteiger partial charge in [0.05, 0.1) is 0 Å². The summed E-state index contributed by atoms with van der Waals surface area (Å²) in [7, 11) is 1.87. The van der Waals surface area contributed by atoms with Crippen molar-refractivity contribution >= 4 is 31.3 Å². The molecule has 0 saturated carbocycles. The van der Waals surface area contributed by atoms with Crippen molar-refractivity contribution in [3.8, 4) is 0 Å². The van der Waals surface area contributed by atoms with Crippen molar-refractivity contribution in [2.75, 3.05) is 11.9 Å². The summed E-state index contributed by atoms with van der Waals surface area (Å²) in [4.78, 5) is 34.1. The molecule has 1 aromatic rings. The topological polar surface area (TPSA) is 84.4 Å². The van der Waals surface area contributed by atoms with Gasteiger partial charge in [-0.05, 0) is 33.6 Å². The average molecular weight is 304 g/mol. The van der Waals surface area contributed by atoms with Crippen LogP contribution in [0.15, 0.2) is 12.4 Å². The number of rotatable bonds is 2. The summed E-state index contributed by atoms with van der Waals surface area (Å²) in [6, 6.07) is -0.542. The van der Waals surface area contributed by atoms with E-state index in [1.165, 1.54) is 4.90 Å². The number of likely N-dealkylation sites (tertiary alicyclic amines) is 1. The van der Waals surface area contributed by atoms with Crippen LogP contribution in [0.3, 0.4) is 0 Å². The van der Waals surface area contributed by atoms with Crippen molar-refractivity contribution < 1.29 is 14.3 Å². The van der Waals surface area contributed by atoms with Gasteiger partial charge in [-0.3, -0.25) is 15.0 Å². The molecular weight excluding hydrogens is 283 g/mol. The third kappa shape index (κ3) is 4.19. The number of amides is 2. The van der Waals surface area contributed by atoms with Gasteiger partial charge in [0.25, 0.3) is 0 Å². The standard InChI is InChI=1S/C14H21BN4O3/c1-14(2,3)22-13(21)19-6-4-5-10(19)11(20)18-12-16-7-9(15)8-17-12/h7-8,10H,4-6,15H2,1-3H3,(H,16,17,18,20)/t10-/m0/s1. The second-order valence-electron chi connectivity index (χ2n) is 6.41. The summed E-state index contributed by atoms with van der Waals surface area (Å²) in [5.41, 5.74) is 0.329. The van der Waals surface area contributed by atoms with Crippen molar-refractivity contribution in [3.63, 3.8) is 0 Å². The van der Waals surface area contributed by atoms with E-state index in [9.17, 15) is 9.59 Å². The highest BCUT2D eigenvalue weighted by Gasteiger charge is 2.36. The molecule has 1 saturated heterocycles. The van der Waals surface area contributed by atoms with Gasteiger partial charge in [-0.15, -0.1) is 0 Å². The summed E-state index contributed by atoms with van der Waals surface area (Å²) >= 11 is 0. The highest BCUT2D eigenvalue weighted by atomic mass is 16.6. The Bertz CT molecular complexity index is 556. The van der Waals surface area contributed by atoms with E-state index in [0.29, 0.717) is 13.0 Å². The molecule has 1 aliphatic rings. The number of aromatic nitrogens is 2. The summed E-state index contributed by atoms with van der Waals surface area (Å²) in [5, 5.41) is 2.65. The molecule has 0 radical (unpaired) electrons. The first-order valence-corrected chi connectivity index (χ1v) is 7.35. The highest BCUT2D eigenvalue weighted by Crippen LogP contribution is 2.21. The van der Waals surface area contributed by atoms with Crippen LogP contribution in [0.1, 0.15) is 33.6 Å². The second-order valence-corrected chi connectivity index (χ2v) is 6.41. The van der Waals surface area contributed by atoms with Crippen LogP contribution in [-0.4, -0.2) is 52.9 Å². The normalized spacial score (nSPS) is 18.1. The van der Waals surface area contributed by atoms with Crippen molar-refractivity contribution in [3.05, 3.63) is 12.4 Å². The Kier molecular flexibility index (Phi) is 4.68. The molecule has 2 rings (SSSR count). The average Bonchev–Trinajstić information content (AvgIpc) is 2.89. The first kappa shape index (κ1) is 16.3. The van der Waals surface area contributed by atoms with Crippen molar-refractivity contribution in [1.29, 1.82) is 0 Å². The molecule has 1 aromatic heterocycles. The number of nitrogens with zero attached hydrogens (tertiary/aromatic N) is 3. The molecule has 7 nitrogen and oxygen atoms in total. The Balaban J connectivity index is 2.01. The van der Waals surface area contributed by atoms with Gasteiger partial charge in [0.1, 0.15) is 19.5 Å². The van der Waals surface area contributed by atoms with Gasteiger partial charge in [-0.2, -0.15) is 0 Å². The Labute approximate surface area is 130 Å². The van der Waals surface area contributed by atoms with Gasteiger partial charge in [0, 0.05) is 18.9 Å². The lowest BCUT2D eigenvalue weighted by Gasteiger charge is -2.27. The van der Waals surface area contributed by atoms with E-state index < -0.39 is 17.7 Å². The molecule has 2 amide bonds. The van der Waals surface area contributed by atoms with Gasteiger partial charge >= 0.3 is 6.09 Å². The van der Waals surface area contributed by atoms with Crippen LogP contribution in [0.4, 0.5) is 10.7 Å². The first-order chi connectivity index (χ1) is 10.3. The van der Waals surface area contributed by atoms with Crippen LogP contribution >= 0.6 is 0 Å². The maximum atomic E-state index is 12.3. The first-order valence-electron chi connectivity index (χ1n) is 7.35. The molecule has 0 bridgehead atoms. The minimum Gasteiger partial charge on any atom is -0.444 e. The zero-order valence-electron chi connectivity index (χ0n) is 13.4. The van der Waals surface area contributed by atoms with E-state index in [4.69, 9.17) is 4.74 Å². The Morgan fingerprint density at radius 1 is 1.36 bits per heavy atom. The summed E-state index contributed by atoms with van der Waals surface area (Å²) in [6.07, 6.45) is 4.17. The number of nitrogens with one attached hydrogen (secondary N) is 1. The molecule has 0 unspecified atom stereocenters. The van der Waals surface area contributed by atoms with E-state index in [1.807, 2.05) is 7.85 Å². The van der Waals surface area contributed by atoms with Gasteiger partial charge in [0.2, 0.25) is 11.9 Å². The SMILES string of the molecule is Bc1cnc(NC(=O)[C@@H]2CCCN2C(=O)OC(C)(C)C)nc1. The maximum absolute atomic E-state index is 12.3. The van der Waals surface area contributed by atoms with E-state index in [1.54, 1.807) is 33.2 Å². The largest absolute Gasteiger partial charge is 0.444 e. The lowest BCUT2D eigenvalue weighted by molar-refractivity contribution is -0.120. The predicted octanol–water partition coefficient (Wildman–Crippen LogP) is 0.0730. The lowest BCUT2D eigenvalue weighted by Crippen LogP contribution is -2.45. The summed E-state index contributed by atoms with van der Waals surface area (Å²) < 4.78 is 5.34. The van der Waals surface area contributed by atoms with Gasteiger partial charge in [-0.1, -0.05) is 5.46 Å². The van der Waals surface area contributed by atoms with Crippen LogP contribution < -0.4 is 10.8 Å². The molecule has 8 heteroatoms. The minimum absolute atomic E-state index is 0.242. The van der Waals surface area contributed by atoms with Gasteiger partial charge < -0.3 is 4.74 Å². The van der Waals surface area contributed by atoms with Crippen molar-refractivity contribution in [2.24, 2.45) is 0 Å².